The fourth-order valence-electron chi connectivity index (χ4n) is 1.23. The van der Waals surface area contributed by atoms with Crippen LogP contribution in [-0.4, -0.2) is 9.97 Å². The van der Waals surface area contributed by atoms with Crippen LogP contribution in [0.4, 0.5) is 5.82 Å². The van der Waals surface area contributed by atoms with Crippen molar-refractivity contribution in [2.75, 3.05) is 5.43 Å². The van der Waals surface area contributed by atoms with E-state index in [2.05, 4.69) is 29.2 Å². The molecule has 4 nitrogen and oxygen atoms in total. The molecule has 0 saturated heterocycles. The lowest BCUT2D eigenvalue weighted by Crippen LogP contribution is -2.11. The topological polar surface area (TPSA) is 63.8 Å². The molecule has 0 saturated carbocycles. The van der Waals surface area contributed by atoms with Crippen molar-refractivity contribution in [3.63, 3.8) is 0 Å². The van der Waals surface area contributed by atoms with Crippen molar-refractivity contribution >= 4 is 5.82 Å². The second-order valence-electron chi connectivity index (χ2n) is 3.53. The highest BCUT2D eigenvalue weighted by atomic mass is 15.3. The molecule has 3 N–H and O–H groups in total. The molecule has 0 fully saturated rings. The van der Waals surface area contributed by atoms with Gasteiger partial charge in [-0.2, -0.15) is 0 Å². The van der Waals surface area contributed by atoms with Crippen molar-refractivity contribution in [3.8, 4) is 0 Å². The molecule has 0 aliphatic carbocycles. The van der Waals surface area contributed by atoms with Gasteiger partial charge in [0.15, 0.2) is 0 Å². The Hall–Kier alpha value is -1.16. The van der Waals surface area contributed by atoms with Gasteiger partial charge in [0.25, 0.3) is 0 Å². The molecule has 1 aromatic rings. The van der Waals surface area contributed by atoms with Crippen LogP contribution in [0.3, 0.4) is 0 Å². The molecule has 0 unspecified atom stereocenters. The van der Waals surface area contributed by atoms with Gasteiger partial charge in [-0.3, -0.25) is 0 Å². The number of aromatic nitrogens is 2. The molecule has 0 amide bonds. The van der Waals surface area contributed by atoms with E-state index < -0.39 is 0 Å². The van der Waals surface area contributed by atoms with Gasteiger partial charge in [-0.25, -0.2) is 15.8 Å². The minimum Gasteiger partial charge on any atom is -0.308 e. The van der Waals surface area contributed by atoms with E-state index in [4.69, 9.17) is 5.84 Å². The molecule has 0 aliphatic heterocycles. The third kappa shape index (κ3) is 2.99. The van der Waals surface area contributed by atoms with Crippen LogP contribution in [0.5, 0.6) is 0 Å². The molecular formula is C9H16N4. The SMILES string of the molecule is Cc1nc(CC(C)C)cc(NN)n1. The second-order valence-corrected chi connectivity index (χ2v) is 3.53. The first-order valence-corrected chi connectivity index (χ1v) is 4.43. The molecule has 0 aromatic carbocycles. The molecule has 1 heterocycles. The van der Waals surface area contributed by atoms with Crippen LogP contribution in [0.2, 0.25) is 0 Å². The van der Waals surface area contributed by atoms with E-state index in [-0.39, 0.29) is 0 Å². The Morgan fingerprint density at radius 1 is 1.46 bits per heavy atom. The smallest absolute Gasteiger partial charge is 0.143 e. The number of aryl methyl sites for hydroxylation is 1. The Balaban J connectivity index is 2.88. The van der Waals surface area contributed by atoms with Crippen LogP contribution in [0.25, 0.3) is 0 Å². The number of rotatable bonds is 3. The standard InChI is InChI=1S/C9H16N4/c1-6(2)4-8-5-9(13-10)12-7(3)11-8/h5-6H,4,10H2,1-3H3,(H,11,12,13). The van der Waals surface area contributed by atoms with E-state index in [0.717, 1.165) is 17.9 Å². The highest BCUT2D eigenvalue weighted by Gasteiger charge is 2.02. The summed E-state index contributed by atoms with van der Waals surface area (Å²) >= 11 is 0. The Bertz CT molecular complexity index is 283. The molecule has 1 aromatic heterocycles. The number of nitrogens with two attached hydrogens (primary N) is 1. The number of nitrogen functional groups attached to an aromatic ring is 1. The van der Waals surface area contributed by atoms with Crippen LogP contribution >= 0.6 is 0 Å². The van der Waals surface area contributed by atoms with Crippen molar-refractivity contribution in [2.24, 2.45) is 11.8 Å². The molecule has 0 radical (unpaired) electrons. The van der Waals surface area contributed by atoms with E-state index in [1.807, 2.05) is 13.0 Å². The normalized spacial score (nSPS) is 10.5. The van der Waals surface area contributed by atoms with Gasteiger partial charge in [0.05, 0.1) is 0 Å². The summed E-state index contributed by atoms with van der Waals surface area (Å²) in [7, 11) is 0. The number of hydrogen-bond acceptors (Lipinski definition) is 4. The quantitative estimate of drug-likeness (QED) is 0.543. The number of nitrogens with zero attached hydrogens (tertiary/aromatic N) is 2. The second kappa shape index (κ2) is 4.18. The van der Waals surface area contributed by atoms with Gasteiger partial charge in [0.1, 0.15) is 11.6 Å². The fourth-order valence-corrected chi connectivity index (χ4v) is 1.23. The summed E-state index contributed by atoms with van der Waals surface area (Å²) in [6, 6.07) is 1.88. The van der Waals surface area contributed by atoms with Crippen LogP contribution in [0.15, 0.2) is 6.07 Å². The van der Waals surface area contributed by atoms with Crippen molar-refractivity contribution in [3.05, 3.63) is 17.6 Å². The number of anilines is 1. The van der Waals surface area contributed by atoms with Crippen LogP contribution in [0.1, 0.15) is 25.4 Å². The van der Waals surface area contributed by atoms with Crippen LogP contribution in [-0.2, 0) is 6.42 Å². The molecule has 0 aliphatic rings. The summed E-state index contributed by atoms with van der Waals surface area (Å²) in [4.78, 5) is 8.43. The Morgan fingerprint density at radius 3 is 2.69 bits per heavy atom. The summed E-state index contributed by atoms with van der Waals surface area (Å²) in [5.74, 6) is 7.31. The molecular weight excluding hydrogens is 164 g/mol. The third-order valence-corrected chi connectivity index (χ3v) is 1.66. The van der Waals surface area contributed by atoms with E-state index >= 15 is 0 Å². The number of nitrogens with one attached hydrogen (secondary N) is 1. The fraction of sp³-hybridized carbons (Fsp3) is 0.556. The average Bonchev–Trinajstić information content (AvgIpc) is 2.01. The lowest BCUT2D eigenvalue weighted by molar-refractivity contribution is 0.632. The van der Waals surface area contributed by atoms with Crippen molar-refractivity contribution in [1.29, 1.82) is 0 Å². The van der Waals surface area contributed by atoms with E-state index in [1.165, 1.54) is 0 Å². The highest BCUT2D eigenvalue weighted by Crippen LogP contribution is 2.09. The van der Waals surface area contributed by atoms with Gasteiger partial charge in [-0.1, -0.05) is 13.8 Å². The van der Waals surface area contributed by atoms with Gasteiger partial charge < -0.3 is 5.43 Å². The first-order valence-electron chi connectivity index (χ1n) is 4.43. The summed E-state index contributed by atoms with van der Waals surface area (Å²) in [5.41, 5.74) is 3.57. The zero-order valence-electron chi connectivity index (χ0n) is 8.33. The van der Waals surface area contributed by atoms with Crippen LogP contribution < -0.4 is 11.3 Å². The molecule has 0 atom stereocenters. The first kappa shape index (κ1) is 9.92. The summed E-state index contributed by atoms with van der Waals surface area (Å²) in [6.07, 6.45) is 0.956. The predicted octanol–water partition coefficient (Wildman–Crippen LogP) is 1.27. The van der Waals surface area contributed by atoms with E-state index in [1.54, 1.807) is 0 Å². The summed E-state index contributed by atoms with van der Waals surface area (Å²) < 4.78 is 0. The minimum atomic E-state index is 0.597. The number of hydrogen-bond donors (Lipinski definition) is 2. The van der Waals surface area contributed by atoms with Gasteiger partial charge in [0.2, 0.25) is 0 Å². The zero-order valence-corrected chi connectivity index (χ0v) is 8.33. The maximum Gasteiger partial charge on any atom is 0.143 e. The van der Waals surface area contributed by atoms with Gasteiger partial charge >= 0.3 is 0 Å². The third-order valence-electron chi connectivity index (χ3n) is 1.66. The Morgan fingerprint density at radius 2 is 2.15 bits per heavy atom. The molecule has 72 valence electrons. The van der Waals surface area contributed by atoms with Crippen LogP contribution in [0, 0.1) is 12.8 Å². The van der Waals surface area contributed by atoms with Gasteiger partial charge in [-0.05, 0) is 19.3 Å². The van der Waals surface area contributed by atoms with Crippen molar-refractivity contribution in [1.82, 2.24) is 9.97 Å². The molecule has 0 bridgehead atoms. The highest BCUT2D eigenvalue weighted by molar-refractivity contribution is 5.34. The van der Waals surface area contributed by atoms with Gasteiger partial charge in [0, 0.05) is 11.8 Å². The van der Waals surface area contributed by atoms with Crippen molar-refractivity contribution in [2.45, 2.75) is 27.2 Å². The molecule has 1 rings (SSSR count). The summed E-state index contributed by atoms with van der Waals surface area (Å²) in [5, 5.41) is 0. The summed E-state index contributed by atoms with van der Waals surface area (Å²) in [6.45, 7) is 6.19. The Kier molecular flexibility index (Phi) is 3.19. The Labute approximate surface area is 78.6 Å². The maximum atomic E-state index is 5.28. The predicted molar refractivity (Wildman–Crippen MR) is 53.1 cm³/mol. The molecule has 13 heavy (non-hydrogen) atoms. The number of hydrazine groups is 1. The largest absolute Gasteiger partial charge is 0.308 e. The molecule has 4 heteroatoms. The first-order chi connectivity index (χ1) is 6.11. The monoisotopic (exact) mass is 180 g/mol. The van der Waals surface area contributed by atoms with E-state index in [9.17, 15) is 0 Å². The minimum absolute atomic E-state index is 0.597. The molecule has 0 spiro atoms. The van der Waals surface area contributed by atoms with Gasteiger partial charge in [-0.15, -0.1) is 0 Å². The lowest BCUT2D eigenvalue weighted by Gasteiger charge is -2.06. The lowest BCUT2D eigenvalue weighted by atomic mass is 10.1. The maximum absolute atomic E-state index is 5.28. The van der Waals surface area contributed by atoms with E-state index in [0.29, 0.717) is 11.7 Å². The zero-order chi connectivity index (χ0) is 9.84. The van der Waals surface area contributed by atoms with Crippen molar-refractivity contribution < 1.29 is 0 Å². The average molecular weight is 180 g/mol.